The van der Waals surface area contributed by atoms with Crippen LogP contribution in [0.1, 0.15) is 0 Å². The largest absolute Gasteiger partial charge is 0.309 e. The average molecular weight is 866 g/mol. The molecule has 0 bridgehead atoms. The van der Waals surface area contributed by atoms with Crippen molar-refractivity contribution in [2.45, 2.75) is 0 Å². The Morgan fingerprint density at radius 2 is 0.765 bits per heavy atom. The number of para-hydroxylation sites is 2. The van der Waals surface area contributed by atoms with Gasteiger partial charge >= 0.3 is 0 Å². The molecule has 0 aliphatic heterocycles. The van der Waals surface area contributed by atoms with Crippen LogP contribution in [0.15, 0.2) is 237 Å². The molecule has 0 aliphatic carbocycles. The first-order valence-corrected chi connectivity index (χ1v) is 23.1. The SMILES string of the molecule is c1ccc(-c2nc(-c3ccccc3-c3ccccc3)nc(-c3c(-n4c5ccccc5c5cc6cc(-n7c8ccccc8c8cc9ccccc9cc87)ccc6cc54)ccc4ccccc34)n2)cc1. The van der Waals surface area contributed by atoms with Gasteiger partial charge in [0.15, 0.2) is 17.5 Å². The fraction of sp³-hybridized carbons (Fsp3) is 0. The third-order valence-corrected chi connectivity index (χ3v) is 13.7. The van der Waals surface area contributed by atoms with Crippen LogP contribution in [-0.4, -0.2) is 24.1 Å². The normalized spacial score (nSPS) is 11.8. The van der Waals surface area contributed by atoms with E-state index in [1.54, 1.807) is 0 Å². The van der Waals surface area contributed by atoms with Gasteiger partial charge in [-0.05, 0) is 98.0 Å². The Balaban J connectivity index is 1.01. The molecule has 0 fully saturated rings. The number of rotatable bonds is 6. The minimum Gasteiger partial charge on any atom is -0.309 e. The van der Waals surface area contributed by atoms with Gasteiger partial charge in [-0.2, -0.15) is 0 Å². The molecule has 0 radical (unpaired) electrons. The zero-order valence-electron chi connectivity index (χ0n) is 36.8. The molecule has 3 heterocycles. The summed E-state index contributed by atoms with van der Waals surface area (Å²) < 4.78 is 4.84. The van der Waals surface area contributed by atoms with E-state index in [9.17, 15) is 0 Å². The number of nitrogens with zero attached hydrogens (tertiary/aromatic N) is 5. The topological polar surface area (TPSA) is 48.5 Å². The fourth-order valence-corrected chi connectivity index (χ4v) is 10.6. The van der Waals surface area contributed by atoms with Gasteiger partial charge in [0.1, 0.15) is 0 Å². The van der Waals surface area contributed by atoms with E-state index in [-0.39, 0.29) is 0 Å². The highest BCUT2D eigenvalue weighted by atomic mass is 15.1. The predicted molar refractivity (Wildman–Crippen MR) is 283 cm³/mol. The van der Waals surface area contributed by atoms with Crippen LogP contribution < -0.4 is 0 Å². The monoisotopic (exact) mass is 865 g/mol. The Morgan fingerprint density at radius 3 is 1.50 bits per heavy atom. The number of hydrogen-bond acceptors (Lipinski definition) is 3. The summed E-state index contributed by atoms with van der Waals surface area (Å²) in [6.45, 7) is 0. The summed E-state index contributed by atoms with van der Waals surface area (Å²) >= 11 is 0. The van der Waals surface area contributed by atoms with E-state index < -0.39 is 0 Å². The molecule has 11 aromatic carbocycles. The van der Waals surface area contributed by atoms with Crippen molar-refractivity contribution < 1.29 is 0 Å². The van der Waals surface area contributed by atoms with Gasteiger partial charge in [0, 0.05) is 38.4 Å². The second-order valence-corrected chi connectivity index (χ2v) is 17.6. The summed E-state index contributed by atoms with van der Waals surface area (Å²) in [5, 5.41) is 11.8. The quantitative estimate of drug-likeness (QED) is 0.167. The molecule has 0 unspecified atom stereocenters. The van der Waals surface area contributed by atoms with Crippen molar-refractivity contribution in [1.29, 1.82) is 0 Å². The molecule has 0 saturated heterocycles. The molecule has 0 amide bonds. The Labute approximate surface area is 391 Å². The maximum Gasteiger partial charge on any atom is 0.166 e. The molecule has 14 aromatic rings. The summed E-state index contributed by atoms with van der Waals surface area (Å²) in [6, 6.07) is 84.7. The summed E-state index contributed by atoms with van der Waals surface area (Å²) in [6.07, 6.45) is 0. The van der Waals surface area contributed by atoms with E-state index in [0.717, 1.165) is 66.4 Å². The lowest BCUT2D eigenvalue weighted by Crippen LogP contribution is -2.05. The number of aromatic nitrogens is 5. The van der Waals surface area contributed by atoms with Crippen LogP contribution >= 0.6 is 0 Å². The molecule has 0 saturated carbocycles. The Bertz CT molecular complexity index is 4320. The lowest BCUT2D eigenvalue weighted by atomic mass is 9.98. The Kier molecular flexibility index (Phi) is 8.52. The molecule has 0 N–H and O–H groups in total. The van der Waals surface area contributed by atoms with Crippen LogP contribution in [-0.2, 0) is 0 Å². The van der Waals surface area contributed by atoms with Crippen LogP contribution in [0.3, 0.4) is 0 Å². The van der Waals surface area contributed by atoms with E-state index in [1.807, 2.05) is 24.3 Å². The molecule has 316 valence electrons. The molecule has 68 heavy (non-hydrogen) atoms. The van der Waals surface area contributed by atoms with Crippen LogP contribution in [0.4, 0.5) is 0 Å². The van der Waals surface area contributed by atoms with Crippen LogP contribution in [0.5, 0.6) is 0 Å². The highest BCUT2D eigenvalue weighted by molar-refractivity contribution is 6.16. The lowest BCUT2D eigenvalue weighted by molar-refractivity contribution is 1.07. The number of benzene rings is 11. The smallest absolute Gasteiger partial charge is 0.166 e. The zero-order valence-corrected chi connectivity index (χ0v) is 36.8. The standard InChI is InChI=1S/C63H39N5/c1-3-17-40(18-4-1)48-24-11-12-28-52(48)62-64-61(42-20-5-2-6-21-42)65-63(66-62)60-49-25-10-9-19-41(49)32-34-57(60)68-56-30-16-14-27-51(56)54-37-46-35-47(33-31-45(46)39-59(54)68)67-55-29-15-13-26-50(55)53-36-43-22-7-8-23-44(43)38-58(53)67/h1-39H. The highest BCUT2D eigenvalue weighted by Gasteiger charge is 2.23. The van der Waals surface area contributed by atoms with Gasteiger partial charge in [-0.15, -0.1) is 0 Å². The summed E-state index contributed by atoms with van der Waals surface area (Å²) in [7, 11) is 0. The van der Waals surface area contributed by atoms with Crippen LogP contribution in [0.25, 0.3) is 133 Å². The number of fused-ring (bicyclic) bond motifs is 9. The van der Waals surface area contributed by atoms with Gasteiger partial charge in [0.25, 0.3) is 0 Å². The maximum atomic E-state index is 5.47. The third kappa shape index (κ3) is 5.99. The fourth-order valence-electron chi connectivity index (χ4n) is 10.6. The second-order valence-electron chi connectivity index (χ2n) is 17.6. The average Bonchev–Trinajstić information content (AvgIpc) is 3.90. The summed E-state index contributed by atoms with van der Waals surface area (Å²) in [4.78, 5) is 16.1. The first-order valence-electron chi connectivity index (χ1n) is 23.1. The molecular weight excluding hydrogens is 827 g/mol. The highest BCUT2D eigenvalue weighted by Crippen LogP contribution is 2.42. The molecule has 0 atom stereocenters. The molecule has 5 nitrogen and oxygen atoms in total. The van der Waals surface area contributed by atoms with E-state index >= 15 is 0 Å². The van der Waals surface area contributed by atoms with E-state index in [4.69, 9.17) is 15.0 Å². The maximum absolute atomic E-state index is 5.47. The van der Waals surface area contributed by atoms with Crippen molar-refractivity contribution in [3.05, 3.63) is 237 Å². The molecule has 0 aliphatic rings. The minimum absolute atomic E-state index is 0.610. The van der Waals surface area contributed by atoms with Crippen molar-refractivity contribution in [1.82, 2.24) is 24.1 Å². The second kappa shape index (κ2) is 15.2. The summed E-state index contributed by atoms with van der Waals surface area (Å²) in [5.74, 6) is 1.85. The molecule has 5 heteroatoms. The molecule has 0 spiro atoms. The first kappa shape index (κ1) is 38.1. The zero-order chi connectivity index (χ0) is 44.7. The van der Waals surface area contributed by atoms with Crippen LogP contribution in [0.2, 0.25) is 0 Å². The van der Waals surface area contributed by atoms with E-state index in [0.29, 0.717) is 17.5 Å². The molecule has 3 aromatic heterocycles. The van der Waals surface area contributed by atoms with Crippen molar-refractivity contribution >= 4 is 75.9 Å². The van der Waals surface area contributed by atoms with Gasteiger partial charge in [-0.3, -0.25) is 0 Å². The lowest BCUT2D eigenvalue weighted by Gasteiger charge is -2.18. The van der Waals surface area contributed by atoms with Gasteiger partial charge in [0.2, 0.25) is 0 Å². The molecular formula is C63H39N5. The summed E-state index contributed by atoms with van der Waals surface area (Å²) in [5.41, 5.74) is 11.7. The Morgan fingerprint density at radius 1 is 0.265 bits per heavy atom. The first-order chi connectivity index (χ1) is 33.7. The van der Waals surface area contributed by atoms with Crippen LogP contribution in [0, 0.1) is 0 Å². The minimum atomic E-state index is 0.610. The van der Waals surface area contributed by atoms with E-state index in [2.05, 4.69) is 221 Å². The predicted octanol–water partition coefficient (Wildman–Crippen LogP) is 16.2. The van der Waals surface area contributed by atoms with Crippen molar-refractivity contribution in [3.8, 4) is 56.7 Å². The molecule has 14 rings (SSSR count). The van der Waals surface area contributed by atoms with Crippen molar-refractivity contribution in [2.75, 3.05) is 0 Å². The van der Waals surface area contributed by atoms with Crippen molar-refractivity contribution in [2.24, 2.45) is 0 Å². The number of hydrogen-bond donors (Lipinski definition) is 0. The third-order valence-electron chi connectivity index (χ3n) is 13.7. The van der Waals surface area contributed by atoms with Gasteiger partial charge in [-0.1, -0.05) is 182 Å². The van der Waals surface area contributed by atoms with Gasteiger partial charge in [0.05, 0.1) is 33.3 Å². The van der Waals surface area contributed by atoms with Crippen molar-refractivity contribution in [3.63, 3.8) is 0 Å². The van der Waals surface area contributed by atoms with Gasteiger partial charge < -0.3 is 9.13 Å². The van der Waals surface area contributed by atoms with Gasteiger partial charge in [-0.25, -0.2) is 15.0 Å². The van der Waals surface area contributed by atoms with E-state index in [1.165, 1.54) is 48.7 Å². The Hall–Kier alpha value is -9.19.